The molecule has 0 aromatic carbocycles. The van der Waals surface area contributed by atoms with Crippen molar-refractivity contribution in [1.29, 1.82) is 0 Å². The number of rotatable bonds is 10. The molecule has 0 amide bonds. The molecule has 1 rings (SSSR count). The maximum atomic E-state index is 11.8. The number of aryl methyl sites for hydroxylation is 1. The molecule has 0 saturated heterocycles. The topological polar surface area (TPSA) is 58.2 Å². The van der Waals surface area contributed by atoms with Gasteiger partial charge in [0.25, 0.3) is 0 Å². The van der Waals surface area contributed by atoms with Crippen molar-refractivity contribution in [2.24, 2.45) is 0 Å². The van der Waals surface area contributed by atoms with Crippen LogP contribution in [0.25, 0.3) is 0 Å². The molecule has 19 heavy (non-hydrogen) atoms. The van der Waals surface area contributed by atoms with Crippen molar-refractivity contribution in [1.82, 2.24) is 10.0 Å². The van der Waals surface area contributed by atoms with Crippen molar-refractivity contribution in [3.63, 3.8) is 0 Å². The average molecular weight is 304 g/mol. The Labute approximate surface area is 120 Å². The van der Waals surface area contributed by atoms with Crippen molar-refractivity contribution >= 4 is 21.4 Å². The summed E-state index contributed by atoms with van der Waals surface area (Å²) in [6.45, 7) is 6.30. The van der Waals surface area contributed by atoms with E-state index in [2.05, 4.69) is 30.0 Å². The zero-order valence-electron chi connectivity index (χ0n) is 11.7. The molecule has 6 heteroatoms. The Hall–Kier alpha value is -0.430. The van der Waals surface area contributed by atoms with Gasteiger partial charge in [0.15, 0.2) is 0 Å². The summed E-state index contributed by atoms with van der Waals surface area (Å²) in [5, 5.41) is 5.22. The summed E-state index contributed by atoms with van der Waals surface area (Å²) in [6, 6.07) is 2.06. The first-order valence-corrected chi connectivity index (χ1v) is 9.35. The smallest absolute Gasteiger partial charge is 0.211 e. The van der Waals surface area contributed by atoms with Crippen molar-refractivity contribution in [2.75, 3.05) is 18.8 Å². The van der Waals surface area contributed by atoms with Gasteiger partial charge in [0.05, 0.1) is 5.75 Å². The Balaban J connectivity index is 2.30. The number of sulfonamides is 1. The molecule has 4 nitrogen and oxygen atoms in total. The number of nitrogens with one attached hydrogen (secondary N) is 2. The highest BCUT2D eigenvalue weighted by molar-refractivity contribution is 7.89. The minimum Gasteiger partial charge on any atom is -0.317 e. The van der Waals surface area contributed by atoms with E-state index in [-0.39, 0.29) is 5.75 Å². The molecule has 0 spiro atoms. The molecule has 0 unspecified atom stereocenters. The first kappa shape index (κ1) is 16.6. The van der Waals surface area contributed by atoms with E-state index < -0.39 is 10.0 Å². The summed E-state index contributed by atoms with van der Waals surface area (Å²) >= 11 is 1.61. The third-order valence-electron chi connectivity index (χ3n) is 2.86. The molecular weight excluding hydrogens is 280 g/mol. The van der Waals surface area contributed by atoms with Crippen LogP contribution in [0.5, 0.6) is 0 Å². The van der Waals surface area contributed by atoms with Crippen LogP contribution in [0.1, 0.15) is 37.1 Å². The predicted molar refractivity (Wildman–Crippen MR) is 82.1 cm³/mol. The lowest BCUT2D eigenvalue weighted by molar-refractivity contribution is 0.574. The summed E-state index contributed by atoms with van der Waals surface area (Å²) in [5.41, 5.74) is 1.23. The van der Waals surface area contributed by atoms with Crippen molar-refractivity contribution < 1.29 is 8.42 Å². The van der Waals surface area contributed by atoms with Crippen LogP contribution in [0, 0.1) is 0 Å². The molecule has 0 aliphatic carbocycles. The maximum absolute atomic E-state index is 11.8. The minimum atomic E-state index is -3.15. The van der Waals surface area contributed by atoms with Gasteiger partial charge >= 0.3 is 0 Å². The van der Waals surface area contributed by atoms with Gasteiger partial charge in [-0.15, -0.1) is 11.3 Å². The lowest BCUT2D eigenvalue weighted by Gasteiger charge is -2.07. The van der Waals surface area contributed by atoms with E-state index in [9.17, 15) is 8.42 Å². The molecule has 0 radical (unpaired) electrons. The van der Waals surface area contributed by atoms with Crippen LogP contribution in [-0.4, -0.2) is 27.3 Å². The van der Waals surface area contributed by atoms with Gasteiger partial charge in [0.2, 0.25) is 10.0 Å². The minimum absolute atomic E-state index is 0.191. The number of hydrogen-bond donors (Lipinski definition) is 2. The third kappa shape index (κ3) is 6.51. The molecule has 1 aromatic rings. The van der Waals surface area contributed by atoms with Gasteiger partial charge in [-0.2, -0.15) is 0 Å². The highest BCUT2D eigenvalue weighted by Gasteiger charge is 2.11. The van der Waals surface area contributed by atoms with Gasteiger partial charge in [0.1, 0.15) is 0 Å². The summed E-state index contributed by atoms with van der Waals surface area (Å²) in [4.78, 5) is 1.12. The van der Waals surface area contributed by atoms with E-state index in [4.69, 9.17) is 0 Å². The predicted octanol–water partition coefficient (Wildman–Crippen LogP) is 2.12. The zero-order valence-corrected chi connectivity index (χ0v) is 13.4. The van der Waals surface area contributed by atoms with E-state index in [0.717, 1.165) is 30.8 Å². The molecule has 0 aliphatic rings. The van der Waals surface area contributed by atoms with Gasteiger partial charge in [0, 0.05) is 11.4 Å². The molecule has 110 valence electrons. The first-order chi connectivity index (χ1) is 9.09. The number of hydrogen-bond acceptors (Lipinski definition) is 4. The molecule has 2 N–H and O–H groups in total. The molecule has 1 heterocycles. The van der Waals surface area contributed by atoms with Crippen LogP contribution in [0.4, 0.5) is 0 Å². The summed E-state index contributed by atoms with van der Waals surface area (Å²) < 4.78 is 26.3. The van der Waals surface area contributed by atoms with Crippen LogP contribution in [0.2, 0.25) is 0 Å². The Morgan fingerprint density at radius 2 is 2.05 bits per heavy atom. The van der Waals surface area contributed by atoms with E-state index in [1.165, 1.54) is 5.56 Å². The molecular formula is C13H24N2O2S2. The van der Waals surface area contributed by atoms with Crippen LogP contribution >= 0.6 is 11.3 Å². The third-order valence-corrected chi connectivity index (χ3v) is 5.24. The van der Waals surface area contributed by atoms with Gasteiger partial charge in [-0.3, -0.25) is 0 Å². The molecule has 0 bridgehead atoms. The number of thiophene rings is 1. The van der Waals surface area contributed by atoms with E-state index >= 15 is 0 Å². The SMILES string of the molecule is CCCNCCCS(=O)(=O)NCc1sccc1CC. The van der Waals surface area contributed by atoms with Crippen LogP contribution < -0.4 is 10.0 Å². The van der Waals surface area contributed by atoms with Gasteiger partial charge in [-0.05, 0) is 49.4 Å². The molecule has 0 saturated carbocycles. The quantitative estimate of drug-likeness (QED) is 0.651. The van der Waals surface area contributed by atoms with Crippen LogP contribution in [0.3, 0.4) is 0 Å². The normalized spacial score (nSPS) is 11.9. The fraction of sp³-hybridized carbons (Fsp3) is 0.692. The summed E-state index contributed by atoms with van der Waals surface area (Å²) in [7, 11) is -3.15. The fourth-order valence-corrected chi connectivity index (χ4v) is 3.81. The lowest BCUT2D eigenvalue weighted by atomic mass is 10.2. The van der Waals surface area contributed by atoms with Crippen LogP contribution in [0.15, 0.2) is 11.4 Å². The summed E-state index contributed by atoms with van der Waals surface area (Å²) in [6.07, 6.45) is 2.67. The second-order valence-corrected chi connectivity index (χ2v) is 7.39. The Morgan fingerprint density at radius 3 is 2.74 bits per heavy atom. The van der Waals surface area contributed by atoms with E-state index in [1.807, 2.05) is 5.38 Å². The second-order valence-electron chi connectivity index (χ2n) is 4.47. The molecule has 0 aliphatic heterocycles. The monoisotopic (exact) mass is 304 g/mol. The fourth-order valence-electron chi connectivity index (χ4n) is 1.77. The van der Waals surface area contributed by atoms with E-state index in [0.29, 0.717) is 13.0 Å². The van der Waals surface area contributed by atoms with Crippen molar-refractivity contribution in [3.8, 4) is 0 Å². The van der Waals surface area contributed by atoms with Gasteiger partial charge in [-0.25, -0.2) is 13.1 Å². The Kier molecular flexibility index (Phi) is 7.60. The lowest BCUT2D eigenvalue weighted by Crippen LogP contribution is -2.28. The Bertz CT molecular complexity index is 455. The Morgan fingerprint density at radius 1 is 1.26 bits per heavy atom. The zero-order chi connectivity index (χ0) is 14.1. The molecule has 0 fully saturated rings. The molecule has 0 atom stereocenters. The highest BCUT2D eigenvalue weighted by atomic mass is 32.2. The van der Waals surface area contributed by atoms with Gasteiger partial charge < -0.3 is 5.32 Å². The maximum Gasteiger partial charge on any atom is 0.211 e. The standard InChI is InChI=1S/C13H24N2O2S2/c1-3-7-14-8-5-10-19(16,17)15-11-13-12(4-2)6-9-18-13/h6,9,14-15H,3-5,7-8,10-11H2,1-2H3. The van der Waals surface area contributed by atoms with Crippen molar-refractivity contribution in [3.05, 3.63) is 21.9 Å². The van der Waals surface area contributed by atoms with Crippen LogP contribution in [-0.2, 0) is 23.0 Å². The van der Waals surface area contributed by atoms with Crippen molar-refractivity contribution in [2.45, 2.75) is 39.7 Å². The second kappa shape index (κ2) is 8.68. The van der Waals surface area contributed by atoms with Gasteiger partial charge in [-0.1, -0.05) is 13.8 Å². The average Bonchev–Trinajstić information content (AvgIpc) is 2.83. The first-order valence-electron chi connectivity index (χ1n) is 6.82. The molecule has 1 aromatic heterocycles. The summed E-state index contributed by atoms with van der Waals surface area (Å²) in [5.74, 6) is 0.191. The largest absolute Gasteiger partial charge is 0.317 e. The highest BCUT2D eigenvalue weighted by Crippen LogP contribution is 2.17. The van der Waals surface area contributed by atoms with E-state index in [1.54, 1.807) is 11.3 Å².